The third-order valence-corrected chi connectivity index (χ3v) is 12.1. The zero-order chi connectivity index (χ0) is 45.4. The van der Waals surface area contributed by atoms with Crippen molar-refractivity contribution in [1.82, 2.24) is 0 Å². The molecule has 0 radical (unpaired) electrons. The first-order chi connectivity index (χ1) is 29.5. The molecule has 23 heteroatoms. The molecule has 0 spiro atoms. The molecule has 0 aromatic heterocycles. The van der Waals surface area contributed by atoms with Crippen LogP contribution < -0.4 is 4.90 Å². The van der Waals surface area contributed by atoms with E-state index in [0.717, 1.165) is 47.3 Å². The number of likely N-dealkylation sites (N-methyl/N-ethyl adjacent to an activating group) is 1. The lowest BCUT2D eigenvalue weighted by atomic mass is 9.75. The zero-order valence-corrected chi connectivity index (χ0v) is 36.6. The Labute approximate surface area is 359 Å². The van der Waals surface area contributed by atoms with E-state index in [0.29, 0.717) is 50.8 Å². The number of nitrogens with zero attached hydrogens (tertiary/aromatic N) is 2. The molecule has 2 atom stereocenters. The Bertz CT molecular complexity index is 2180. The molecule has 2 heterocycles. The van der Waals surface area contributed by atoms with E-state index in [1.54, 1.807) is 12.1 Å². The molecule has 0 saturated carbocycles. The summed E-state index contributed by atoms with van der Waals surface area (Å²) in [5.74, 6) is -0.867. The molecule has 2 unspecified atom stereocenters. The number of carbonyl (C=O) groups is 1. The standard InChI is InChI=1S/C39H52N2O19S2/c1-6-19-38(3)32-28-30(62(47,48)49)16-18-34(32)41(21-10-8-9-14-37(42)43)36(38)13-11-12-35-39(4,31-27-29(61(44,45)46)15-17-33(31)40(35)7-2)20-22-51-24-26-53-55-57-59-60-58-56-54-52-25-23-50-5/h11-13,15-18,23,25,27-28H,6-10,14,19-22,24,26H2,1-5H3,(H2-,42,43,44,45,46,47,48,49)/p+1/b25-23-. The number of carboxylic acid groups (broad SMARTS) is 1. The van der Waals surface area contributed by atoms with Crippen LogP contribution in [0.1, 0.15) is 83.8 Å². The van der Waals surface area contributed by atoms with Crippen LogP contribution >= 0.6 is 0 Å². The van der Waals surface area contributed by atoms with Crippen molar-refractivity contribution in [2.24, 2.45) is 0 Å². The molecule has 2 aliphatic heterocycles. The summed E-state index contributed by atoms with van der Waals surface area (Å²) in [7, 11) is -7.66. The lowest BCUT2D eigenvalue weighted by Gasteiger charge is -2.30. The summed E-state index contributed by atoms with van der Waals surface area (Å²) >= 11 is 0. The maximum Gasteiger partial charge on any atom is 0.303 e. The number of benzene rings is 2. The fourth-order valence-electron chi connectivity index (χ4n) is 7.64. The number of fused-ring (bicyclic) bond motifs is 2. The lowest BCUT2D eigenvalue weighted by molar-refractivity contribution is -0.829. The van der Waals surface area contributed by atoms with E-state index in [4.69, 9.17) is 14.7 Å². The van der Waals surface area contributed by atoms with Crippen LogP contribution in [0.5, 0.6) is 0 Å². The predicted octanol–water partition coefficient (Wildman–Crippen LogP) is 6.21. The summed E-state index contributed by atoms with van der Waals surface area (Å²) in [6, 6.07) is 9.04. The monoisotopic (exact) mass is 917 g/mol. The van der Waals surface area contributed by atoms with Gasteiger partial charge in [-0.2, -0.15) is 21.4 Å². The van der Waals surface area contributed by atoms with Gasteiger partial charge in [0.1, 0.15) is 19.4 Å². The highest BCUT2D eigenvalue weighted by atomic mass is 32.2. The Kier molecular flexibility index (Phi) is 19.0. The van der Waals surface area contributed by atoms with E-state index in [-0.39, 0.29) is 36.0 Å². The third-order valence-electron chi connectivity index (χ3n) is 10.4. The minimum absolute atomic E-state index is 0.0226. The van der Waals surface area contributed by atoms with E-state index >= 15 is 0 Å². The average Bonchev–Trinajstić information content (AvgIpc) is 3.59. The fraction of sp³-hybridized carbons (Fsp3) is 0.487. The summed E-state index contributed by atoms with van der Waals surface area (Å²) < 4.78 is 81.5. The number of anilines is 1. The van der Waals surface area contributed by atoms with Crippen molar-refractivity contribution in [2.45, 2.75) is 93.3 Å². The molecule has 344 valence electrons. The van der Waals surface area contributed by atoms with Gasteiger partial charge in [-0.25, -0.2) is 4.89 Å². The van der Waals surface area contributed by atoms with Crippen LogP contribution in [-0.2, 0) is 90.4 Å². The first-order valence-corrected chi connectivity index (χ1v) is 22.4. The van der Waals surface area contributed by atoms with E-state index in [9.17, 15) is 30.7 Å². The quantitative estimate of drug-likeness (QED) is 0.0205. The summed E-state index contributed by atoms with van der Waals surface area (Å²) in [5.41, 5.74) is 3.10. The Morgan fingerprint density at radius 2 is 1.45 bits per heavy atom. The number of rotatable bonds is 29. The lowest BCUT2D eigenvalue weighted by Crippen LogP contribution is -2.31. The number of allylic oxidation sites excluding steroid dienone is 4. The second-order valence-corrected chi connectivity index (χ2v) is 17.2. The van der Waals surface area contributed by atoms with Crippen LogP contribution in [0.4, 0.5) is 11.4 Å². The van der Waals surface area contributed by atoms with Gasteiger partial charge < -0.3 is 24.4 Å². The first kappa shape index (κ1) is 50.3. The van der Waals surface area contributed by atoms with Gasteiger partial charge in [0.2, 0.25) is 5.69 Å². The van der Waals surface area contributed by atoms with Gasteiger partial charge in [-0.3, -0.25) is 13.9 Å². The summed E-state index contributed by atoms with van der Waals surface area (Å²) in [6.07, 6.45) is 11.5. The normalized spacial score (nSPS) is 19.6. The summed E-state index contributed by atoms with van der Waals surface area (Å²) in [6.45, 7) is 9.05. The molecular weight excluding hydrogens is 865 g/mol. The molecule has 2 aromatic carbocycles. The average molecular weight is 918 g/mol. The first-order valence-electron chi connectivity index (χ1n) is 19.5. The molecule has 0 amide bonds. The maximum absolute atomic E-state index is 12.3. The number of aliphatic carboxylic acids is 1. The second-order valence-electron chi connectivity index (χ2n) is 14.4. The Hall–Kier alpha value is -4.34. The molecule has 0 bridgehead atoms. The molecule has 3 N–H and O–H groups in total. The van der Waals surface area contributed by atoms with Crippen molar-refractivity contribution in [2.75, 3.05) is 44.9 Å². The number of hydrogen-bond donors (Lipinski definition) is 3. The van der Waals surface area contributed by atoms with Gasteiger partial charge in [0.15, 0.2) is 12.0 Å². The summed E-state index contributed by atoms with van der Waals surface area (Å²) in [5, 5.41) is 37.3. The number of ether oxygens (including phenoxy) is 2. The molecule has 4 rings (SSSR count). The van der Waals surface area contributed by atoms with Gasteiger partial charge in [-0.1, -0.05) is 19.4 Å². The largest absolute Gasteiger partial charge is 0.501 e. The van der Waals surface area contributed by atoms with Crippen molar-refractivity contribution in [3.05, 3.63) is 84.0 Å². The van der Waals surface area contributed by atoms with Gasteiger partial charge in [0.05, 0.1) is 28.9 Å². The van der Waals surface area contributed by atoms with Crippen LogP contribution in [0, 0.1) is 0 Å². The predicted molar refractivity (Wildman–Crippen MR) is 214 cm³/mol. The van der Waals surface area contributed by atoms with Crippen LogP contribution in [0.3, 0.4) is 0 Å². The molecular formula is C39H53N2O19S2+. The molecule has 0 saturated heterocycles. The van der Waals surface area contributed by atoms with Gasteiger partial charge in [0, 0.05) is 80.7 Å². The van der Waals surface area contributed by atoms with Crippen molar-refractivity contribution in [3.63, 3.8) is 0 Å². The van der Waals surface area contributed by atoms with Crippen LogP contribution in [0.2, 0.25) is 0 Å². The molecule has 2 aromatic rings. The zero-order valence-electron chi connectivity index (χ0n) is 34.9. The van der Waals surface area contributed by atoms with Crippen LogP contribution in [-0.4, -0.2) is 87.3 Å². The highest BCUT2D eigenvalue weighted by Crippen LogP contribution is 2.51. The van der Waals surface area contributed by atoms with Crippen molar-refractivity contribution in [1.29, 1.82) is 0 Å². The molecule has 0 fully saturated rings. The van der Waals surface area contributed by atoms with E-state index in [1.165, 1.54) is 31.4 Å². The van der Waals surface area contributed by atoms with E-state index in [2.05, 4.69) is 49.5 Å². The summed E-state index contributed by atoms with van der Waals surface area (Å²) in [4.78, 5) is 21.8. The number of carboxylic acids is 1. The van der Waals surface area contributed by atoms with Crippen LogP contribution in [0.25, 0.3) is 0 Å². The number of methoxy groups -OCH3 is 1. The van der Waals surface area contributed by atoms with E-state index < -0.39 is 37.0 Å². The maximum atomic E-state index is 12.3. The van der Waals surface area contributed by atoms with Crippen molar-refractivity contribution in [3.8, 4) is 0 Å². The molecule has 2 aliphatic rings. The highest BCUT2D eigenvalue weighted by molar-refractivity contribution is 7.86. The van der Waals surface area contributed by atoms with Crippen molar-refractivity contribution < 1.29 is 94.9 Å². The van der Waals surface area contributed by atoms with Gasteiger partial charge >= 0.3 is 5.97 Å². The van der Waals surface area contributed by atoms with Gasteiger partial charge in [-0.05, 0) is 104 Å². The van der Waals surface area contributed by atoms with Crippen LogP contribution in [0.15, 0.2) is 82.6 Å². The minimum atomic E-state index is -4.54. The topological polar surface area (TPSA) is 254 Å². The second kappa shape index (κ2) is 23.4. The Balaban J connectivity index is 1.57. The Morgan fingerprint density at radius 1 is 0.790 bits per heavy atom. The smallest absolute Gasteiger partial charge is 0.303 e. The molecule has 62 heavy (non-hydrogen) atoms. The van der Waals surface area contributed by atoms with Gasteiger partial charge in [0.25, 0.3) is 20.2 Å². The van der Waals surface area contributed by atoms with Gasteiger partial charge in [-0.15, -0.1) is 0 Å². The third kappa shape index (κ3) is 13.1. The van der Waals surface area contributed by atoms with E-state index in [1.807, 2.05) is 50.8 Å². The highest BCUT2D eigenvalue weighted by Gasteiger charge is 2.48. The Morgan fingerprint density at radius 3 is 2.10 bits per heavy atom. The van der Waals surface area contributed by atoms with Crippen molar-refractivity contribution >= 4 is 43.3 Å². The number of hydrogen-bond acceptors (Lipinski definition) is 17. The SMILES string of the molecule is CCCC1(C)C(C=CC=C2N(CC)c3ccc(S(=O)(=O)O)cc3C2(C)CCOCCOOOOOOOOO/C=C\OC)=[N+](CCCCCC(=O)O)c2ccc(S(=O)(=O)O)cc21. The minimum Gasteiger partial charge on any atom is -0.501 e. The molecule has 0 aliphatic carbocycles. The number of unbranched alkanes of at least 4 members (excludes halogenated alkanes) is 2. The fourth-order valence-corrected chi connectivity index (χ4v) is 8.66. The molecule has 21 nitrogen and oxygen atoms in total.